The van der Waals surface area contributed by atoms with Crippen LogP contribution in [0.3, 0.4) is 0 Å². The number of hydrogen-bond donors (Lipinski definition) is 3. The van der Waals surface area contributed by atoms with Gasteiger partial charge in [0, 0.05) is 6.20 Å². The lowest BCUT2D eigenvalue weighted by Crippen LogP contribution is -2.24. The van der Waals surface area contributed by atoms with E-state index < -0.39 is 0 Å². The standard InChI is InChI=1S/C12H13N3O2/c16-11-3-1-9(2-4-11)7-12(17)13-8-10-5-6-14-15-10/h1-6,16H,7-8H2,(H,13,17)(H,14,15). The summed E-state index contributed by atoms with van der Waals surface area (Å²) < 4.78 is 0. The van der Waals surface area contributed by atoms with Crippen molar-refractivity contribution in [2.45, 2.75) is 13.0 Å². The number of aromatic nitrogens is 2. The van der Waals surface area contributed by atoms with E-state index in [9.17, 15) is 4.79 Å². The number of rotatable bonds is 4. The van der Waals surface area contributed by atoms with Crippen molar-refractivity contribution in [3.05, 3.63) is 47.8 Å². The third-order valence-corrected chi connectivity index (χ3v) is 2.34. The fourth-order valence-electron chi connectivity index (χ4n) is 1.44. The van der Waals surface area contributed by atoms with Crippen molar-refractivity contribution in [2.75, 3.05) is 0 Å². The highest BCUT2D eigenvalue weighted by atomic mass is 16.3. The van der Waals surface area contributed by atoms with Crippen LogP contribution in [0.2, 0.25) is 0 Å². The summed E-state index contributed by atoms with van der Waals surface area (Å²) in [7, 11) is 0. The number of carbonyl (C=O) groups excluding carboxylic acids is 1. The summed E-state index contributed by atoms with van der Waals surface area (Å²) in [6.45, 7) is 0.441. The van der Waals surface area contributed by atoms with Crippen molar-refractivity contribution in [3.8, 4) is 5.75 Å². The monoisotopic (exact) mass is 231 g/mol. The Balaban J connectivity index is 1.83. The van der Waals surface area contributed by atoms with Gasteiger partial charge in [0.05, 0.1) is 18.7 Å². The topological polar surface area (TPSA) is 78.0 Å². The minimum absolute atomic E-state index is 0.0645. The van der Waals surface area contributed by atoms with Crippen molar-refractivity contribution in [3.63, 3.8) is 0 Å². The van der Waals surface area contributed by atoms with Crippen LogP contribution in [-0.2, 0) is 17.8 Å². The van der Waals surface area contributed by atoms with Crippen LogP contribution >= 0.6 is 0 Å². The maximum Gasteiger partial charge on any atom is 0.224 e. The van der Waals surface area contributed by atoms with Gasteiger partial charge in [-0.3, -0.25) is 9.89 Å². The molecule has 1 aromatic heterocycles. The van der Waals surface area contributed by atoms with Crippen LogP contribution in [-0.4, -0.2) is 21.2 Å². The van der Waals surface area contributed by atoms with Crippen LogP contribution in [0.15, 0.2) is 36.5 Å². The predicted molar refractivity (Wildman–Crippen MR) is 62.2 cm³/mol. The number of hydrogen-bond acceptors (Lipinski definition) is 3. The zero-order valence-corrected chi connectivity index (χ0v) is 9.18. The van der Waals surface area contributed by atoms with E-state index in [4.69, 9.17) is 5.11 Å². The third kappa shape index (κ3) is 3.34. The zero-order chi connectivity index (χ0) is 12.1. The lowest BCUT2D eigenvalue weighted by molar-refractivity contribution is -0.120. The molecule has 0 saturated carbocycles. The molecule has 0 radical (unpaired) electrons. The average molecular weight is 231 g/mol. The molecule has 3 N–H and O–H groups in total. The SMILES string of the molecule is O=C(Cc1ccc(O)cc1)NCc1ccn[nH]1. The minimum Gasteiger partial charge on any atom is -0.508 e. The van der Waals surface area contributed by atoms with E-state index in [2.05, 4.69) is 15.5 Å². The fraction of sp³-hybridized carbons (Fsp3) is 0.167. The smallest absolute Gasteiger partial charge is 0.224 e. The first-order valence-corrected chi connectivity index (χ1v) is 5.27. The average Bonchev–Trinajstić information content (AvgIpc) is 2.83. The van der Waals surface area contributed by atoms with Crippen LogP contribution in [0, 0.1) is 0 Å². The summed E-state index contributed by atoms with van der Waals surface area (Å²) in [5, 5.41) is 18.4. The second-order valence-electron chi connectivity index (χ2n) is 3.70. The van der Waals surface area contributed by atoms with E-state index in [-0.39, 0.29) is 11.7 Å². The van der Waals surface area contributed by atoms with Crippen molar-refractivity contribution in [1.29, 1.82) is 0 Å². The Bertz CT molecular complexity index is 477. The van der Waals surface area contributed by atoms with Gasteiger partial charge in [-0.25, -0.2) is 0 Å². The Labute approximate surface area is 98.5 Å². The number of nitrogens with zero attached hydrogens (tertiary/aromatic N) is 1. The number of nitrogens with one attached hydrogen (secondary N) is 2. The van der Waals surface area contributed by atoms with E-state index >= 15 is 0 Å². The van der Waals surface area contributed by atoms with Crippen LogP contribution < -0.4 is 5.32 Å². The third-order valence-electron chi connectivity index (χ3n) is 2.34. The molecule has 0 spiro atoms. The first kappa shape index (κ1) is 11.2. The van der Waals surface area contributed by atoms with Gasteiger partial charge in [0.25, 0.3) is 0 Å². The molecule has 0 bridgehead atoms. The van der Waals surface area contributed by atoms with Gasteiger partial charge in [-0.2, -0.15) is 5.10 Å². The van der Waals surface area contributed by atoms with Gasteiger partial charge < -0.3 is 10.4 Å². The molecule has 1 amide bonds. The van der Waals surface area contributed by atoms with E-state index in [1.54, 1.807) is 36.5 Å². The lowest BCUT2D eigenvalue weighted by Gasteiger charge is -2.03. The summed E-state index contributed by atoms with van der Waals surface area (Å²) in [6, 6.07) is 8.39. The largest absolute Gasteiger partial charge is 0.508 e. The van der Waals surface area contributed by atoms with Gasteiger partial charge in [0.15, 0.2) is 0 Å². The summed E-state index contributed by atoms with van der Waals surface area (Å²) in [6.07, 6.45) is 1.94. The number of aromatic amines is 1. The van der Waals surface area contributed by atoms with Crippen LogP contribution in [0.25, 0.3) is 0 Å². The molecule has 0 aliphatic heterocycles. The van der Waals surface area contributed by atoms with Gasteiger partial charge >= 0.3 is 0 Å². The zero-order valence-electron chi connectivity index (χ0n) is 9.18. The summed E-state index contributed by atoms with van der Waals surface area (Å²) in [4.78, 5) is 11.6. The molecule has 2 rings (SSSR count). The molecule has 0 atom stereocenters. The second kappa shape index (κ2) is 5.16. The van der Waals surface area contributed by atoms with Crippen molar-refractivity contribution < 1.29 is 9.90 Å². The van der Waals surface area contributed by atoms with E-state index in [1.807, 2.05) is 0 Å². The summed E-state index contributed by atoms with van der Waals surface area (Å²) in [5.74, 6) is 0.136. The molecule has 17 heavy (non-hydrogen) atoms. The number of carbonyl (C=O) groups is 1. The van der Waals surface area contributed by atoms with Gasteiger partial charge in [-0.05, 0) is 23.8 Å². The number of aromatic hydroxyl groups is 1. The second-order valence-corrected chi connectivity index (χ2v) is 3.70. The highest BCUT2D eigenvalue weighted by Crippen LogP contribution is 2.09. The highest BCUT2D eigenvalue weighted by molar-refractivity contribution is 5.78. The Kier molecular flexibility index (Phi) is 3.40. The molecule has 0 aliphatic rings. The first-order valence-electron chi connectivity index (χ1n) is 5.27. The van der Waals surface area contributed by atoms with Gasteiger partial charge in [-0.1, -0.05) is 12.1 Å². The van der Waals surface area contributed by atoms with Crippen molar-refractivity contribution >= 4 is 5.91 Å². The Hall–Kier alpha value is -2.30. The maximum atomic E-state index is 11.6. The number of phenolic OH excluding ortho intramolecular Hbond substituents is 1. The Morgan fingerprint density at radius 2 is 2.06 bits per heavy atom. The van der Waals surface area contributed by atoms with Crippen molar-refractivity contribution in [2.24, 2.45) is 0 Å². The Morgan fingerprint density at radius 3 is 2.71 bits per heavy atom. The number of benzene rings is 1. The fourth-order valence-corrected chi connectivity index (χ4v) is 1.44. The molecule has 1 aromatic carbocycles. The molecule has 2 aromatic rings. The van der Waals surface area contributed by atoms with Crippen molar-refractivity contribution in [1.82, 2.24) is 15.5 Å². The minimum atomic E-state index is -0.0645. The summed E-state index contributed by atoms with van der Waals surface area (Å²) in [5.41, 5.74) is 1.73. The maximum absolute atomic E-state index is 11.6. The molecule has 5 heteroatoms. The molecule has 0 unspecified atom stereocenters. The molecular formula is C12H13N3O2. The molecular weight excluding hydrogens is 218 g/mol. The highest BCUT2D eigenvalue weighted by Gasteiger charge is 2.03. The molecule has 0 fully saturated rings. The van der Waals surface area contributed by atoms with E-state index in [0.29, 0.717) is 13.0 Å². The molecule has 5 nitrogen and oxygen atoms in total. The summed E-state index contributed by atoms with van der Waals surface area (Å²) >= 11 is 0. The number of amides is 1. The predicted octanol–water partition coefficient (Wildman–Crippen LogP) is 0.974. The van der Waals surface area contributed by atoms with Gasteiger partial charge in [-0.15, -0.1) is 0 Å². The first-order chi connectivity index (χ1) is 8.24. The van der Waals surface area contributed by atoms with Crippen LogP contribution in [0.1, 0.15) is 11.3 Å². The lowest BCUT2D eigenvalue weighted by atomic mass is 10.1. The number of phenols is 1. The Morgan fingerprint density at radius 1 is 1.29 bits per heavy atom. The van der Waals surface area contributed by atoms with Gasteiger partial charge in [0.1, 0.15) is 5.75 Å². The molecule has 0 saturated heterocycles. The van der Waals surface area contributed by atoms with Gasteiger partial charge in [0.2, 0.25) is 5.91 Å². The number of H-pyrrole nitrogens is 1. The van der Waals surface area contributed by atoms with Crippen LogP contribution in [0.4, 0.5) is 0 Å². The molecule has 88 valence electrons. The van der Waals surface area contributed by atoms with Crippen LogP contribution in [0.5, 0.6) is 5.75 Å². The van der Waals surface area contributed by atoms with E-state index in [1.165, 1.54) is 0 Å². The molecule has 0 aliphatic carbocycles. The van der Waals surface area contributed by atoms with E-state index in [0.717, 1.165) is 11.3 Å². The normalized spacial score (nSPS) is 10.1. The molecule has 1 heterocycles. The quantitative estimate of drug-likeness (QED) is 0.733.